The molecule has 0 aliphatic carbocycles. The van der Waals surface area contributed by atoms with Crippen molar-refractivity contribution >= 4 is 0 Å². The number of likely N-dealkylation sites (tertiary alicyclic amines) is 1. The molecule has 0 radical (unpaired) electrons. The normalized spacial score (nSPS) is 17.2. The number of piperidine rings is 1. The van der Waals surface area contributed by atoms with Crippen LogP contribution in [0, 0.1) is 0 Å². The highest BCUT2D eigenvalue weighted by Gasteiger charge is 2.12. The second-order valence-electron chi connectivity index (χ2n) is 11.5. The first-order chi connectivity index (χ1) is 22.5. The Morgan fingerprint density at radius 3 is 1.70 bits per heavy atom. The lowest BCUT2D eigenvalue weighted by Gasteiger charge is -2.32. The van der Waals surface area contributed by atoms with Crippen molar-refractivity contribution in [3.8, 4) is 5.75 Å². The minimum Gasteiger partial charge on any atom is -0.492 e. The van der Waals surface area contributed by atoms with Crippen LogP contribution in [0.2, 0.25) is 0 Å². The number of para-hydroxylation sites is 1. The van der Waals surface area contributed by atoms with E-state index in [1.54, 1.807) is 0 Å². The summed E-state index contributed by atoms with van der Waals surface area (Å²) in [6, 6.07) is 9.65. The van der Waals surface area contributed by atoms with Crippen LogP contribution >= 0.6 is 0 Å². The zero-order valence-corrected chi connectivity index (χ0v) is 29.2. The van der Waals surface area contributed by atoms with Gasteiger partial charge in [0.1, 0.15) is 12.4 Å². The molecule has 3 aliphatic rings. The van der Waals surface area contributed by atoms with Crippen molar-refractivity contribution in [2.75, 3.05) is 151 Å². The van der Waals surface area contributed by atoms with E-state index in [1.807, 2.05) is 35.2 Å². The number of aliphatic hydroxyl groups is 2. The zero-order chi connectivity index (χ0) is 33.9. The first-order valence-electron chi connectivity index (χ1n) is 17.5. The molecule has 4 rings (SSSR count). The highest BCUT2D eigenvalue weighted by molar-refractivity contribution is 5.20. The molecule has 12 N–H and O–H groups in total. The quantitative estimate of drug-likeness (QED) is 0.115. The summed E-state index contributed by atoms with van der Waals surface area (Å²) in [7, 11) is 2.18. The van der Waals surface area contributed by atoms with Gasteiger partial charge in [0.05, 0.1) is 13.2 Å². The Kier molecular flexibility index (Phi) is 33.8. The molecule has 3 saturated heterocycles. The maximum absolute atomic E-state index is 8.53. The zero-order valence-electron chi connectivity index (χ0n) is 29.2. The van der Waals surface area contributed by atoms with E-state index in [-0.39, 0.29) is 13.2 Å². The van der Waals surface area contributed by atoms with E-state index >= 15 is 0 Å². The van der Waals surface area contributed by atoms with Gasteiger partial charge in [-0.15, -0.1) is 0 Å². The van der Waals surface area contributed by atoms with E-state index < -0.39 is 0 Å². The van der Waals surface area contributed by atoms with Crippen molar-refractivity contribution < 1.29 is 14.9 Å². The molecular formula is C33H72N10O3. The molecule has 0 unspecified atom stereocenters. The van der Waals surface area contributed by atoms with E-state index in [9.17, 15) is 0 Å². The molecule has 0 bridgehead atoms. The third-order valence-electron chi connectivity index (χ3n) is 7.53. The minimum absolute atomic E-state index is 0.125. The molecule has 1 aromatic rings. The molecule has 0 saturated carbocycles. The number of nitrogens with zero attached hydrogens (tertiary/aromatic N) is 4. The summed E-state index contributed by atoms with van der Waals surface area (Å²) < 4.78 is 5.23. The third kappa shape index (κ3) is 28.7. The Balaban J connectivity index is 0.000000556. The summed E-state index contributed by atoms with van der Waals surface area (Å²) in [4.78, 5) is 9.23. The molecule has 0 amide bonds. The number of ether oxygens (including phenoxy) is 1. The van der Waals surface area contributed by atoms with Crippen LogP contribution in [0.4, 0.5) is 0 Å². The second-order valence-corrected chi connectivity index (χ2v) is 11.5. The Bertz CT molecular complexity index is 677. The number of likely N-dealkylation sites (N-methyl/N-ethyl adjacent to an activating group) is 1. The highest BCUT2D eigenvalue weighted by Crippen LogP contribution is 2.07. The molecule has 0 atom stereocenters. The second kappa shape index (κ2) is 34.9. The van der Waals surface area contributed by atoms with Gasteiger partial charge >= 0.3 is 0 Å². The lowest BCUT2D eigenvalue weighted by Crippen LogP contribution is -2.44. The molecule has 0 aromatic heterocycles. The number of nitrogens with two attached hydrogens (primary N) is 4. The van der Waals surface area contributed by atoms with Crippen molar-refractivity contribution in [2.45, 2.75) is 25.7 Å². The minimum atomic E-state index is 0.125. The van der Waals surface area contributed by atoms with E-state index in [2.05, 4.69) is 32.4 Å². The van der Waals surface area contributed by atoms with Crippen LogP contribution in [0.25, 0.3) is 0 Å². The smallest absolute Gasteiger partial charge is 0.119 e. The van der Waals surface area contributed by atoms with Gasteiger partial charge in [0.2, 0.25) is 0 Å². The predicted octanol–water partition coefficient (Wildman–Crippen LogP) is -1.55. The average Bonchev–Trinajstić information content (AvgIpc) is 3.10. The Morgan fingerprint density at radius 1 is 0.674 bits per heavy atom. The average molecular weight is 657 g/mol. The molecular weight excluding hydrogens is 584 g/mol. The molecule has 3 heterocycles. The first-order valence-corrected chi connectivity index (χ1v) is 17.5. The van der Waals surface area contributed by atoms with Gasteiger partial charge in [-0.3, -0.25) is 4.90 Å². The van der Waals surface area contributed by atoms with Gasteiger partial charge in [-0.2, -0.15) is 0 Å². The van der Waals surface area contributed by atoms with E-state index in [0.29, 0.717) is 32.8 Å². The van der Waals surface area contributed by atoms with Gasteiger partial charge in [-0.1, -0.05) is 24.6 Å². The number of hydrogen-bond donors (Lipinski definition) is 8. The lowest BCUT2D eigenvalue weighted by atomic mass is 10.1. The summed E-state index contributed by atoms with van der Waals surface area (Å²) >= 11 is 0. The fraction of sp³-hybridized carbons (Fsp3) is 0.818. The number of benzene rings is 1. The summed E-state index contributed by atoms with van der Waals surface area (Å²) in [6.07, 6.45) is 5.31. The van der Waals surface area contributed by atoms with Crippen molar-refractivity contribution in [1.29, 1.82) is 0 Å². The van der Waals surface area contributed by atoms with Gasteiger partial charge in [0.25, 0.3) is 0 Å². The number of rotatable bonds is 14. The Hall–Kier alpha value is -1.46. The van der Waals surface area contributed by atoms with Crippen LogP contribution in [0.1, 0.15) is 25.7 Å². The van der Waals surface area contributed by atoms with Crippen LogP contribution < -0.4 is 38.3 Å². The largest absolute Gasteiger partial charge is 0.492 e. The van der Waals surface area contributed by atoms with Gasteiger partial charge in [-0.05, 0) is 64.6 Å². The van der Waals surface area contributed by atoms with Gasteiger partial charge < -0.3 is 63.2 Å². The molecule has 0 spiro atoms. The van der Waals surface area contributed by atoms with Gasteiger partial charge in [0, 0.05) is 98.2 Å². The summed E-state index contributed by atoms with van der Waals surface area (Å²) in [6.45, 7) is 19.8. The molecule has 13 heteroatoms. The Labute approximate surface area is 280 Å². The highest BCUT2D eigenvalue weighted by atomic mass is 16.5. The van der Waals surface area contributed by atoms with Crippen LogP contribution in [-0.2, 0) is 0 Å². The summed E-state index contributed by atoms with van der Waals surface area (Å²) in [5.41, 5.74) is 21.4. The number of nitrogens with one attached hydrogen (secondary N) is 2. The van der Waals surface area contributed by atoms with Crippen LogP contribution in [0.15, 0.2) is 30.3 Å². The fourth-order valence-corrected chi connectivity index (χ4v) is 4.85. The van der Waals surface area contributed by atoms with Crippen LogP contribution in [-0.4, -0.2) is 181 Å². The predicted molar refractivity (Wildman–Crippen MR) is 193 cm³/mol. The van der Waals surface area contributed by atoms with Crippen LogP contribution in [0.3, 0.4) is 0 Å². The van der Waals surface area contributed by atoms with E-state index in [4.69, 9.17) is 37.9 Å². The molecule has 1 aromatic carbocycles. The standard InChI is InChI=1S/C8H19N3.C8H11NO.C7H16N2.C6H16N2O2.C4H10N2/c1-10-5-7-11(8-6-10)4-2-3-9;9-6-7-10-8-4-2-1-3-5-8;8-4-7-9-5-2-1-3-6-9;7-1-2-8(3-5-9)4-6-10;1-2-6-4-3-5-1/h2-9H2,1H3;1-5H,6-7,9H2;1-8H2;9-10H,1-7H2;5-6H,1-4H2. The molecule has 272 valence electrons. The maximum atomic E-state index is 8.53. The molecule has 3 fully saturated rings. The number of piperazine rings is 2. The van der Waals surface area contributed by atoms with Crippen molar-refractivity contribution in [2.24, 2.45) is 22.9 Å². The van der Waals surface area contributed by atoms with Crippen LogP contribution in [0.5, 0.6) is 5.75 Å². The lowest BCUT2D eigenvalue weighted by molar-refractivity contribution is 0.153. The van der Waals surface area contributed by atoms with Crippen molar-refractivity contribution in [3.63, 3.8) is 0 Å². The SMILES string of the molecule is C1CNCCN1.CN1CCN(CCCN)CC1.NCCN(CCO)CCO.NCCN1CCCCC1.NCCOc1ccccc1. The summed E-state index contributed by atoms with van der Waals surface area (Å²) in [5, 5.41) is 23.5. The Morgan fingerprint density at radius 2 is 1.24 bits per heavy atom. The van der Waals surface area contributed by atoms with Crippen molar-refractivity contribution in [3.05, 3.63) is 30.3 Å². The van der Waals surface area contributed by atoms with Gasteiger partial charge in [0.15, 0.2) is 0 Å². The van der Waals surface area contributed by atoms with E-state index in [1.165, 1.54) is 65.1 Å². The van der Waals surface area contributed by atoms with Crippen molar-refractivity contribution in [1.82, 2.24) is 30.2 Å². The van der Waals surface area contributed by atoms with Gasteiger partial charge in [-0.25, -0.2) is 0 Å². The topological polar surface area (TPSA) is 191 Å². The number of hydrogen-bond acceptors (Lipinski definition) is 13. The van der Waals surface area contributed by atoms with E-state index in [0.717, 1.165) is 64.5 Å². The number of aliphatic hydroxyl groups excluding tert-OH is 2. The third-order valence-corrected chi connectivity index (χ3v) is 7.53. The maximum Gasteiger partial charge on any atom is 0.119 e. The first kappa shape index (κ1) is 44.5. The molecule has 46 heavy (non-hydrogen) atoms. The fourth-order valence-electron chi connectivity index (χ4n) is 4.85. The molecule has 3 aliphatic heterocycles. The summed E-state index contributed by atoms with van der Waals surface area (Å²) in [5.74, 6) is 0.882. The monoisotopic (exact) mass is 657 g/mol. The molecule has 13 nitrogen and oxygen atoms in total.